The molecule has 1 saturated heterocycles. The van der Waals surface area contributed by atoms with Crippen LogP contribution in [0.2, 0.25) is 0 Å². The molecule has 0 aromatic carbocycles. The number of aryl methyl sites for hydroxylation is 1. The molecule has 2 rings (SSSR count). The average molecular weight is 314 g/mol. The number of rotatable bonds is 7. The van der Waals surface area contributed by atoms with E-state index in [9.17, 15) is 8.42 Å². The maximum Gasteiger partial charge on any atom is 0.218 e. The molecule has 1 aromatic heterocycles. The van der Waals surface area contributed by atoms with Gasteiger partial charge in [0.1, 0.15) is 18.2 Å². The Kier molecular flexibility index (Phi) is 5.35. The highest BCUT2D eigenvalue weighted by atomic mass is 32.2. The number of nitrogens with zero attached hydrogens (tertiary/aromatic N) is 3. The largest absolute Gasteiger partial charge is 0.476 e. The summed E-state index contributed by atoms with van der Waals surface area (Å²) in [5, 5.41) is 0. The molecule has 0 aliphatic carbocycles. The molecule has 0 radical (unpaired) electrons. The lowest BCUT2D eigenvalue weighted by molar-refractivity contribution is 0.309. The topological polar surface area (TPSA) is 84.4 Å². The van der Waals surface area contributed by atoms with Gasteiger partial charge in [0.05, 0.1) is 5.75 Å². The van der Waals surface area contributed by atoms with E-state index in [1.165, 1.54) is 12.8 Å². The van der Waals surface area contributed by atoms with Gasteiger partial charge in [-0.2, -0.15) is 4.98 Å². The zero-order valence-electron chi connectivity index (χ0n) is 12.5. The highest BCUT2D eigenvalue weighted by Gasteiger charge is 2.15. The molecule has 0 spiro atoms. The van der Waals surface area contributed by atoms with Crippen LogP contribution in [-0.2, 0) is 10.0 Å². The van der Waals surface area contributed by atoms with Crippen molar-refractivity contribution >= 4 is 15.8 Å². The fourth-order valence-electron chi connectivity index (χ4n) is 2.16. The third-order valence-corrected chi connectivity index (χ3v) is 4.69. The van der Waals surface area contributed by atoms with Crippen LogP contribution in [-0.4, -0.2) is 50.4 Å². The van der Waals surface area contributed by atoms with Crippen molar-refractivity contribution in [3.8, 4) is 5.88 Å². The Morgan fingerprint density at radius 3 is 2.71 bits per heavy atom. The average Bonchev–Trinajstić information content (AvgIpc) is 2.97. The summed E-state index contributed by atoms with van der Waals surface area (Å²) in [7, 11) is -3.17. The van der Waals surface area contributed by atoms with Gasteiger partial charge < -0.3 is 9.64 Å². The Bertz CT molecular complexity index is 571. The van der Waals surface area contributed by atoms with Gasteiger partial charge in [0.25, 0.3) is 0 Å². The number of ether oxygens (including phenoxy) is 1. The fraction of sp³-hybridized carbons (Fsp3) is 0.692. The molecule has 7 nitrogen and oxygen atoms in total. The monoisotopic (exact) mass is 314 g/mol. The van der Waals surface area contributed by atoms with Crippen molar-refractivity contribution in [3.05, 3.63) is 11.9 Å². The van der Waals surface area contributed by atoms with Gasteiger partial charge in [-0.25, -0.2) is 18.1 Å². The Hall–Kier alpha value is -1.41. The van der Waals surface area contributed by atoms with E-state index in [4.69, 9.17) is 4.74 Å². The Labute approximate surface area is 125 Å². The Morgan fingerprint density at radius 2 is 2.05 bits per heavy atom. The van der Waals surface area contributed by atoms with E-state index in [-0.39, 0.29) is 18.9 Å². The standard InChI is InChI=1S/C13H22N4O3S/c1-3-21(18,19)14-6-9-20-13-10-12(15-11(2)16-13)17-7-4-5-8-17/h10,14H,3-9H2,1-2H3. The molecule has 0 amide bonds. The van der Waals surface area contributed by atoms with E-state index in [0.29, 0.717) is 11.7 Å². The highest BCUT2D eigenvalue weighted by molar-refractivity contribution is 7.89. The van der Waals surface area contributed by atoms with Gasteiger partial charge in [0, 0.05) is 25.7 Å². The van der Waals surface area contributed by atoms with E-state index >= 15 is 0 Å². The normalized spacial score (nSPS) is 15.4. The predicted octanol–water partition coefficient (Wildman–Crippen LogP) is 0.703. The number of nitrogens with one attached hydrogen (secondary N) is 1. The molecule has 8 heteroatoms. The van der Waals surface area contributed by atoms with Crippen molar-refractivity contribution in [2.45, 2.75) is 26.7 Å². The summed E-state index contributed by atoms with van der Waals surface area (Å²) in [6, 6.07) is 1.81. The minimum Gasteiger partial charge on any atom is -0.476 e. The molecule has 1 aliphatic rings. The first kappa shape index (κ1) is 16.0. The molecule has 0 atom stereocenters. The van der Waals surface area contributed by atoms with E-state index in [2.05, 4.69) is 19.6 Å². The van der Waals surface area contributed by atoms with Crippen molar-refractivity contribution in [1.29, 1.82) is 0 Å². The summed E-state index contributed by atoms with van der Waals surface area (Å²) in [5.74, 6) is 2.09. The first-order valence-electron chi connectivity index (χ1n) is 7.21. The molecular formula is C13H22N4O3S. The first-order valence-corrected chi connectivity index (χ1v) is 8.86. The maximum absolute atomic E-state index is 11.3. The van der Waals surface area contributed by atoms with E-state index in [1.54, 1.807) is 6.92 Å². The van der Waals surface area contributed by atoms with Crippen LogP contribution < -0.4 is 14.4 Å². The molecule has 21 heavy (non-hydrogen) atoms. The van der Waals surface area contributed by atoms with Crippen LogP contribution in [0.3, 0.4) is 0 Å². The third kappa shape index (κ3) is 4.82. The summed E-state index contributed by atoms with van der Waals surface area (Å²) >= 11 is 0. The van der Waals surface area contributed by atoms with Gasteiger partial charge in [0.2, 0.25) is 15.9 Å². The second-order valence-corrected chi connectivity index (χ2v) is 7.05. The van der Waals surface area contributed by atoms with Gasteiger partial charge in [0.15, 0.2) is 0 Å². The highest BCUT2D eigenvalue weighted by Crippen LogP contribution is 2.21. The van der Waals surface area contributed by atoms with Crippen molar-refractivity contribution in [1.82, 2.24) is 14.7 Å². The molecule has 1 fully saturated rings. The van der Waals surface area contributed by atoms with Crippen molar-refractivity contribution in [2.24, 2.45) is 0 Å². The molecule has 118 valence electrons. The molecule has 2 heterocycles. The van der Waals surface area contributed by atoms with Crippen LogP contribution in [0.4, 0.5) is 5.82 Å². The number of anilines is 1. The predicted molar refractivity (Wildman–Crippen MR) is 81.2 cm³/mol. The lowest BCUT2D eigenvalue weighted by Gasteiger charge is -2.17. The van der Waals surface area contributed by atoms with Crippen LogP contribution in [0.15, 0.2) is 6.07 Å². The van der Waals surface area contributed by atoms with Crippen molar-refractivity contribution < 1.29 is 13.2 Å². The van der Waals surface area contributed by atoms with Crippen LogP contribution in [0, 0.1) is 6.92 Å². The Balaban J connectivity index is 1.91. The number of aromatic nitrogens is 2. The number of hydrogen-bond acceptors (Lipinski definition) is 6. The SMILES string of the molecule is CCS(=O)(=O)NCCOc1cc(N2CCCC2)nc(C)n1. The van der Waals surface area contributed by atoms with Gasteiger partial charge in [-0.05, 0) is 26.7 Å². The minimum atomic E-state index is -3.17. The van der Waals surface area contributed by atoms with E-state index in [0.717, 1.165) is 18.9 Å². The number of sulfonamides is 1. The first-order chi connectivity index (χ1) is 10.00. The smallest absolute Gasteiger partial charge is 0.218 e. The second kappa shape index (κ2) is 7.04. The maximum atomic E-state index is 11.3. The molecule has 1 N–H and O–H groups in total. The summed E-state index contributed by atoms with van der Waals surface area (Å²) < 4.78 is 30.6. The lowest BCUT2D eigenvalue weighted by atomic mass is 10.4. The zero-order chi connectivity index (χ0) is 15.3. The number of hydrogen-bond donors (Lipinski definition) is 1. The lowest BCUT2D eigenvalue weighted by Crippen LogP contribution is -2.29. The van der Waals surface area contributed by atoms with Crippen LogP contribution in [0.1, 0.15) is 25.6 Å². The van der Waals surface area contributed by atoms with Gasteiger partial charge in [-0.3, -0.25) is 0 Å². The van der Waals surface area contributed by atoms with Crippen LogP contribution >= 0.6 is 0 Å². The molecule has 1 aliphatic heterocycles. The van der Waals surface area contributed by atoms with E-state index in [1.807, 2.05) is 13.0 Å². The Morgan fingerprint density at radius 1 is 1.33 bits per heavy atom. The minimum absolute atomic E-state index is 0.0682. The van der Waals surface area contributed by atoms with Crippen molar-refractivity contribution in [2.75, 3.05) is 36.9 Å². The molecule has 0 unspecified atom stereocenters. The molecule has 0 saturated carbocycles. The third-order valence-electron chi connectivity index (χ3n) is 3.29. The van der Waals surface area contributed by atoms with Crippen LogP contribution in [0.25, 0.3) is 0 Å². The van der Waals surface area contributed by atoms with Crippen molar-refractivity contribution in [3.63, 3.8) is 0 Å². The quantitative estimate of drug-likeness (QED) is 0.746. The van der Waals surface area contributed by atoms with E-state index < -0.39 is 10.0 Å². The van der Waals surface area contributed by atoms with Gasteiger partial charge in [-0.15, -0.1) is 0 Å². The summed E-state index contributed by atoms with van der Waals surface area (Å²) in [5.41, 5.74) is 0. The summed E-state index contributed by atoms with van der Waals surface area (Å²) in [6.45, 7) is 5.91. The second-order valence-electron chi connectivity index (χ2n) is 4.95. The fourth-order valence-corrected chi connectivity index (χ4v) is 2.76. The van der Waals surface area contributed by atoms with Gasteiger partial charge in [-0.1, -0.05) is 0 Å². The zero-order valence-corrected chi connectivity index (χ0v) is 13.3. The summed E-state index contributed by atoms with van der Waals surface area (Å²) in [6.07, 6.45) is 2.36. The summed E-state index contributed by atoms with van der Waals surface area (Å²) in [4.78, 5) is 10.9. The molecule has 1 aromatic rings. The molecule has 0 bridgehead atoms. The molecular weight excluding hydrogens is 292 g/mol. The van der Waals surface area contributed by atoms with Crippen LogP contribution in [0.5, 0.6) is 5.88 Å². The van der Waals surface area contributed by atoms with Gasteiger partial charge >= 0.3 is 0 Å².